The molecule has 0 spiro atoms. The van der Waals surface area contributed by atoms with E-state index in [1.165, 1.54) is 11.3 Å². The topological polar surface area (TPSA) is 55.4 Å². The van der Waals surface area contributed by atoms with Gasteiger partial charge in [-0.2, -0.15) is 0 Å². The Labute approximate surface area is 161 Å². The van der Waals surface area contributed by atoms with E-state index in [-0.39, 0.29) is 6.61 Å². The summed E-state index contributed by atoms with van der Waals surface area (Å²) in [6, 6.07) is 5.59. The summed E-state index contributed by atoms with van der Waals surface area (Å²) in [7, 11) is 0. The van der Waals surface area contributed by atoms with E-state index >= 15 is 0 Å². The molecule has 0 saturated heterocycles. The molecule has 0 radical (unpaired) electrons. The van der Waals surface area contributed by atoms with Gasteiger partial charge in [0.25, 0.3) is 5.91 Å². The summed E-state index contributed by atoms with van der Waals surface area (Å²) in [6.07, 6.45) is 0.875. The number of amides is 1. The predicted octanol–water partition coefficient (Wildman–Crippen LogP) is 5.25. The average molecular weight is 475 g/mol. The number of nitrogens with one attached hydrogen (secondary N) is 1. The second kappa shape index (κ2) is 8.27. The summed E-state index contributed by atoms with van der Waals surface area (Å²) >= 11 is 8.23. The zero-order valence-corrected chi connectivity index (χ0v) is 17.5. The molecule has 1 amide bonds. The van der Waals surface area contributed by atoms with Crippen LogP contribution in [0.1, 0.15) is 32.6 Å². The molecule has 0 bridgehead atoms. The quantitative estimate of drug-likeness (QED) is 0.602. The van der Waals surface area contributed by atoms with Gasteiger partial charge in [-0.15, -0.1) is 11.3 Å². The maximum atomic E-state index is 12.1. The Kier molecular flexibility index (Phi) is 6.60. The highest BCUT2D eigenvalue weighted by molar-refractivity contribution is 9.11. The number of esters is 1. The summed E-state index contributed by atoms with van der Waals surface area (Å²) in [5, 5.41) is 2.73. The molecule has 0 fully saturated rings. The second-order valence-corrected chi connectivity index (χ2v) is 8.14. The highest BCUT2D eigenvalue weighted by Crippen LogP contribution is 2.32. The Bertz CT molecular complexity index is 763. The largest absolute Gasteiger partial charge is 0.451 e. The average Bonchev–Trinajstić information content (AvgIpc) is 2.89. The minimum Gasteiger partial charge on any atom is -0.451 e. The van der Waals surface area contributed by atoms with E-state index in [1.807, 2.05) is 32.9 Å². The SMILES string of the molecule is CCc1sc(C(=O)OCC(=O)Nc2c(Br)cc(C)cc2Br)cc1C. The lowest BCUT2D eigenvalue weighted by molar-refractivity contribution is -0.119. The van der Waals surface area contributed by atoms with Crippen LogP contribution in [0.25, 0.3) is 0 Å². The first-order valence-corrected chi connectivity index (χ1v) is 9.74. The Morgan fingerprint density at radius 1 is 1.17 bits per heavy atom. The molecule has 2 rings (SSSR count). The second-order valence-electron chi connectivity index (χ2n) is 5.30. The van der Waals surface area contributed by atoms with Crippen molar-refractivity contribution in [2.75, 3.05) is 11.9 Å². The third-order valence-electron chi connectivity index (χ3n) is 3.33. The van der Waals surface area contributed by atoms with Crippen molar-refractivity contribution < 1.29 is 14.3 Å². The van der Waals surface area contributed by atoms with Crippen LogP contribution < -0.4 is 5.32 Å². The van der Waals surface area contributed by atoms with Gasteiger partial charge in [-0.1, -0.05) is 6.92 Å². The lowest BCUT2D eigenvalue weighted by atomic mass is 10.2. The summed E-state index contributed by atoms with van der Waals surface area (Å²) < 4.78 is 6.63. The zero-order chi connectivity index (χ0) is 17.9. The van der Waals surface area contributed by atoms with E-state index in [0.29, 0.717) is 10.6 Å². The Balaban J connectivity index is 1.97. The fourth-order valence-electron chi connectivity index (χ4n) is 2.17. The van der Waals surface area contributed by atoms with Crippen LogP contribution >= 0.6 is 43.2 Å². The number of carbonyl (C=O) groups is 2. The van der Waals surface area contributed by atoms with Crippen molar-refractivity contribution in [2.45, 2.75) is 27.2 Å². The van der Waals surface area contributed by atoms with Gasteiger partial charge < -0.3 is 10.1 Å². The van der Waals surface area contributed by atoms with Crippen LogP contribution in [0.3, 0.4) is 0 Å². The molecule has 0 saturated carbocycles. The number of halogens is 2. The summed E-state index contributed by atoms with van der Waals surface area (Å²) in [5.41, 5.74) is 2.74. The highest BCUT2D eigenvalue weighted by Gasteiger charge is 2.16. The van der Waals surface area contributed by atoms with Crippen molar-refractivity contribution in [1.29, 1.82) is 0 Å². The molecule has 2 aromatic rings. The molecule has 0 atom stereocenters. The molecule has 1 heterocycles. The van der Waals surface area contributed by atoms with Gasteiger partial charge in [0.2, 0.25) is 0 Å². The molecule has 0 unspecified atom stereocenters. The van der Waals surface area contributed by atoms with E-state index in [1.54, 1.807) is 6.07 Å². The van der Waals surface area contributed by atoms with E-state index < -0.39 is 11.9 Å². The van der Waals surface area contributed by atoms with Crippen LogP contribution in [-0.4, -0.2) is 18.5 Å². The summed E-state index contributed by atoms with van der Waals surface area (Å²) in [6.45, 7) is 5.63. The third-order valence-corrected chi connectivity index (χ3v) is 5.94. The van der Waals surface area contributed by atoms with Gasteiger partial charge in [0.1, 0.15) is 4.88 Å². The van der Waals surface area contributed by atoms with E-state index in [4.69, 9.17) is 4.74 Å². The number of benzene rings is 1. The van der Waals surface area contributed by atoms with Gasteiger partial charge in [0.05, 0.1) is 5.69 Å². The fraction of sp³-hybridized carbons (Fsp3) is 0.294. The van der Waals surface area contributed by atoms with Crippen LogP contribution in [0.5, 0.6) is 0 Å². The number of rotatable bonds is 5. The van der Waals surface area contributed by atoms with Gasteiger partial charge in [-0.3, -0.25) is 4.79 Å². The number of aryl methyl sites for hydroxylation is 3. The van der Waals surface area contributed by atoms with Gasteiger partial charge in [-0.05, 0) is 81.5 Å². The van der Waals surface area contributed by atoms with E-state index in [2.05, 4.69) is 37.2 Å². The minimum atomic E-state index is -0.472. The van der Waals surface area contributed by atoms with Crippen molar-refractivity contribution in [1.82, 2.24) is 0 Å². The highest BCUT2D eigenvalue weighted by atomic mass is 79.9. The van der Waals surface area contributed by atoms with Crippen LogP contribution in [0.2, 0.25) is 0 Å². The maximum Gasteiger partial charge on any atom is 0.348 e. The fourth-order valence-corrected chi connectivity index (χ4v) is 4.79. The Hall–Kier alpha value is -1.18. The first-order valence-electron chi connectivity index (χ1n) is 7.33. The van der Waals surface area contributed by atoms with Gasteiger partial charge in [-0.25, -0.2) is 4.79 Å². The summed E-state index contributed by atoms with van der Waals surface area (Å²) in [5.74, 6) is -0.863. The molecular formula is C17H17Br2NO3S. The van der Waals surface area contributed by atoms with Crippen LogP contribution in [0.15, 0.2) is 27.1 Å². The third kappa shape index (κ3) is 4.68. The molecule has 0 aliphatic rings. The molecule has 0 aliphatic heterocycles. The monoisotopic (exact) mass is 473 g/mol. The number of hydrogen-bond donors (Lipinski definition) is 1. The van der Waals surface area contributed by atoms with Crippen molar-refractivity contribution in [3.8, 4) is 0 Å². The van der Waals surface area contributed by atoms with Gasteiger partial charge in [0.15, 0.2) is 6.61 Å². The normalized spacial score (nSPS) is 10.5. The van der Waals surface area contributed by atoms with Crippen molar-refractivity contribution in [3.63, 3.8) is 0 Å². The molecule has 1 aromatic heterocycles. The predicted molar refractivity (Wildman–Crippen MR) is 104 cm³/mol. The lowest BCUT2D eigenvalue weighted by Gasteiger charge is -2.11. The van der Waals surface area contributed by atoms with Crippen molar-refractivity contribution in [3.05, 3.63) is 48.0 Å². The zero-order valence-electron chi connectivity index (χ0n) is 13.5. The molecule has 0 aliphatic carbocycles. The Morgan fingerprint density at radius 2 is 1.79 bits per heavy atom. The number of anilines is 1. The molecule has 1 N–H and O–H groups in total. The molecule has 24 heavy (non-hydrogen) atoms. The number of thiophene rings is 1. The maximum absolute atomic E-state index is 12.1. The Morgan fingerprint density at radius 3 is 2.33 bits per heavy atom. The van der Waals surface area contributed by atoms with Crippen molar-refractivity contribution >= 4 is 60.8 Å². The van der Waals surface area contributed by atoms with Crippen LogP contribution in [-0.2, 0) is 16.0 Å². The first kappa shape index (κ1) is 19.1. The lowest BCUT2D eigenvalue weighted by Crippen LogP contribution is -2.21. The molecule has 1 aromatic carbocycles. The smallest absolute Gasteiger partial charge is 0.348 e. The van der Waals surface area contributed by atoms with E-state index in [0.717, 1.165) is 31.4 Å². The standard InChI is InChI=1S/C17H17Br2NO3S/c1-4-13-10(3)7-14(24-13)17(22)23-8-15(21)20-16-11(18)5-9(2)6-12(16)19/h5-7H,4,8H2,1-3H3,(H,20,21). The molecule has 128 valence electrons. The first-order chi connectivity index (χ1) is 11.3. The number of hydrogen-bond acceptors (Lipinski definition) is 4. The van der Waals surface area contributed by atoms with Gasteiger partial charge >= 0.3 is 5.97 Å². The molecule has 7 heteroatoms. The van der Waals surface area contributed by atoms with E-state index in [9.17, 15) is 9.59 Å². The number of carbonyl (C=O) groups excluding carboxylic acids is 2. The van der Waals surface area contributed by atoms with Crippen molar-refractivity contribution in [2.24, 2.45) is 0 Å². The van der Waals surface area contributed by atoms with Crippen LogP contribution in [0, 0.1) is 13.8 Å². The van der Waals surface area contributed by atoms with Crippen LogP contribution in [0.4, 0.5) is 5.69 Å². The number of ether oxygens (including phenoxy) is 1. The van der Waals surface area contributed by atoms with Gasteiger partial charge in [0, 0.05) is 13.8 Å². The minimum absolute atomic E-state index is 0.329. The summed E-state index contributed by atoms with van der Waals surface area (Å²) in [4.78, 5) is 25.8. The molecular weight excluding hydrogens is 458 g/mol. The molecule has 4 nitrogen and oxygen atoms in total.